The molecule has 8 atom stereocenters. The highest BCUT2D eigenvalue weighted by Crippen LogP contribution is 2.42. The van der Waals surface area contributed by atoms with Crippen molar-refractivity contribution in [3.8, 4) is 18.4 Å². The molecule has 4 aromatic rings. The second-order valence-electron chi connectivity index (χ2n) is 10.1. The van der Waals surface area contributed by atoms with Crippen LogP contribution in [0.4, 0.5) is 8.78 Å². The molecule has 2 aliphatic rings. The summed E-state index contributed by atoms with van der Waals surface area (Å²) >= 11 is 0. The van der Waals surface area contributed by atoms with E-state index in [0.717, 1.165) is 9.03 Å². The molecule has 0 aliphatic carbocycles. The largest absolute Gasteiger partial charge is 0.392 e. The zero-order valence-electron chi connectivity index (χ0n) is 22.9. The first kappa shape index (κ1) is 30.8. The Morgan fingerprint density at radius 1 is 0.909 bits per heavy atom. The SMILES string of the molecule is C#C[C@]1(CO)O[C@@H](c2cnc3c(=O)[nH]c(C)nn23)[C@H](F)[C@@H]1O.Cc1nn2c([C@@H]3O[C@](C#N)(CO)[C@@H](O)[C@H]3F)cnc2c(=O)[nH]1. The molecule has 6 N–H and O–H groups in total. The van der Waals surface area contributed by atoms with Gasteiger partial charge in [-0.1, -0.05) is 5.92 Å². The van der Waals surface area contributed by atoms with Crippen molar-refractivity contribution in [2.75, 3.05) is 13.2 Å². The summed E-state index contributed by atoms with van der Waals surface area (Å²) in [5.41, 5.74) is -4.81. The number of halogens is 2. The molecule has 4 aromatic heterocycles. The van der Waals surface area contributed by atoms with Crippen LogP contribution in [-0.2, 0) is 9.47 Å². The van der Waals surface area contributed by atoms with E-state index in [1.807, 2.05) is 0 Å². The zero-order valence-corrected chi connectivity index (χ0v) is 22.9. The highest BCUT2D eigenvalue weighted by atomic mass is 19.1. The van der Waals surface area contributed by atoms with Crippen molar-refractivity contribution in [2.24, 2.45) is 0 Å². The fraction of sp³-hybridized carbons (Fsp3) is 0.480. The maximum atomic E-state index is 14.4. The van der Waals surface area contributed by atoms with Crippen LogP contribution in [0.15, 0.2) is 22.0 Å². The first-order valence-electron chi connectivity index (χ1n) is 12.9. The Morgan fingerprint density at radius 3 is 1.66 bits per heavy atom. The van der Waals surface area contributed by atoms with Gasteiger partial charge in [0, 0.05) is 0 Å². The predicted molar refractivity (Wildman–Crippen MR) is 140 cm³/mol. The number of nitrogens with zero attached hydrogens (tertiary/aromatic N) is 7. The Kier molecular flexibility index (Phi) is 7.80. The molecule has 6 heterocycles. The van der Waals surface area contributed by atoms with E-state index >= 15 is 0 Å². The number of aryl methyl sites for hydroxylation is 2. The molecule has 6 rings (SSSR count). The van der Waals surface area contributed by atoms with Crippen molar-refractivity contribution in [1.82, 2.24) is 39.2 Å². The highest BCUT2D eigenvalue weighted by molar-refractivity contribution is 5.38. The van der Waals surface area contributed by atoms with Crippen LogP contribution in [0.25, 0.3) is 11.3 Å². The van der Waals surface area contributed by atoms with Crippen LogP contribution in [0, 0.1) is 37.5 Å². The molecule has 44 heavy (non-hydrogen) atoms. The van der Waals surface area contributed by atoms with Gasteiger partial charge in [0.25, 0.3) is 11.1 Å². The molecule has 0 saturated carbocycles. The molecule has 2 aliphatic heterocycles. The lowest BCUT2D eigenvalue weighted by Crippen LogP contribution is -2.44. The Balaban J connectivity index is 0.000000175. The normalized spacial score (nSPS) is 31.5. The molecule has 2 saturated heterocycles. The van der Waals surface area contributed by atoms with Crippen molar-refractivity contribution in [1.29, 1.82) is 5.26 Å². The number of imidazole rings is 2. The summed E-state index contributed by atoms with van der Waals surface area (Å²) < 4.78 is 41.6. The van der Waals surface area contributed by atoms with E-state index in [9.17, 15) is 38.8 Å². The fourth-order valence-corrected chi connectivity index (χ4v) is 4.99. The molecule has 0 spiro atoms. The number of alkyl halides is 2. The van der Waals surface area contributed by atoms with Gasteiger partial charge in [0.1, 0.15) is 42.1 Å². The quantitative estimate of drug-likeness (QED) is 0.131. The number of aliphatic hydroxyl groups is 4. The van der Waals surface area contributed by atoms with Gasteiger partial charge in [0.2, 0.25) is 16.9 Å². The molecule has 0 unspecified atom stereocenters. The van der Waals surface area contributed by atoms with Crippen LogP contribution in [0.1, 0.15) is 35.2 Å². The van der Waals surface area contributed by atoms with Gasteiger partial charge in [-0.05, 0) is 13.8 Å². The van der Waals surface area contributed by atoms with Crippen LogP contribution in [0.3, 0.4) is 0 Å². The standard InChI is InChI=1S/C13H13FN4O4.C12H12FN5O4/c1-3-13(5-19)10(20)8(14)9(22-13)7-4-15-11-12(21)16-6(2)17-18(7)11;1-5-16-11(21)10-15-2-6(18(10)17-5)8-7(13)9(20)12(3-14,4-19)22-8/h1,4,8-10,19-20H,5H2,2H3,(H,16,17,21);2,7-9,19-20H,4H2,1H3,(H,16,17,21)/t8-,9-,10-,13+;7-,8-,9-,12+/m00/s1. The second kappa shape index (κ2) is 11.1. The molecule has 0 aromatic carbocycles. The number of aromatic amines is 2. The van der Waals surface area contributed by atoms with Gasteiger partial charge in [-0.2, -0.15) is 15.5 Å². The number of aromatic nitrogens is 8. The lowest BCUT2D eigenvalue weighted by molar-refractivity contribution is -0.0746. The average Bonchev–Trinajstić information content (AvgIpc) is 3.74. The van der Waals surface area contributed by atoms with Gasteiger partial charge in [-0.3, -0.25) is 9.59 Å². The van der Waals surface area contributed by atoms with Crippen molar-refractivity contribution < 1.29 is 38.7 Å². The molecule has 2 fully saturated rings. The number of hydrogen-bond donors (Lipinski definition) is 6. The summed E-state index contributed by atoms with van der Waals surface area (Å²) in [5, 5.41) is 55.5. The van der Waals surface area contributed by atoms with Gasteiger partial charge in [0.15, 0.2) is 17.9 Å². The van der Waals surface area contributed by atoms with Gasteiger partial charge in [0.05, 0.1) is 37.0 Å². The third-order valence-corrected chi connectivity index (χ3v) is 7.32. The lowest BCUT2D eigenvalue weighted by Gasteiger charge is -2.23. The topological polar surface area (TPSA) is 249 Å². The molecule has 19 heteroatoms. The smallest absolute Gasteiger partial charge is 0.294 e. The lowest BCUT2D eigenvalue weighted by atomic mass is 9.96. The van der Waals surface area contributed by atoms with Gasteiger partial charge >= 0.3 is 0 Å². The predicted octanol–water partition coefficient (Wildman–Crippen LogP) is -2.39. The molecular weight excluding hydrogens is 592 g/mol. The van der Waals surface area contributed by atoms with Crippen LogP contribution in [0.2, 0.25) is 0 Å². The molecule has 0 radical (unpaired) electrons. The van der Waals surface area contributed by atoms with E-state index in [1.54, 1.807) is 13.0 Å². The first-order valence-corrected chi connectivity index (χ1v) is 12.9. The minimum atomic E-state index is -2.06. The number of rotatable bonds is 4. The Morgan fingerprint density at radius 2 is 1.32 bits per heavy atom. The number of ether oxygens (including phenoxy) is 2. The number of hydrogen-bond acceptors (Lipinski definition) is 13. The molecule has 0 bridgehead atoms. The summed E-state index contributed by atoms with van der Waals surface area (Å²) in [5.74, 6) is 2.67. The third kappa shape index (κ3) is 4.63. The number of nitriles is 1. The number of nitrogens with one attached hydrogen (secondary N) is 2. The van der Waals surface area contributed by atoms with Gasteiger partial charge < -0.3 is 39.9 Å². The van der Waals surface area contributed by atoms with E-state index < -0.39 is 72.3 Å². The highest BCUT2D eigenvalue weighted by Gasteiger charge is 2.57. The monoisotopic (exact) mass is 617 g/mol. The number of aliphatic hydroxyl groups excluding tert-OH is 4. The van der Waals surface area contributed by atoms with Crippen molar-refractivity contribution in [3.05, 3.63) is 56.1 Å². The first-order chi connectivity index (χ1) is 20.9. The van der Waals surface area contributed by atoms with E-state index in [-0.39, 0.29) is 28.5 Å². The zero-order chi connectivity index (χ0) is 32.1. The van der Waals surface area contributed by atoms with E-state index in [0.29, 0.717) is 5.82 Å². The van der Waals surface area contributed by atoms with Crippen LogP contribution in [0.5, 0.6) is 0 Å². The summed E-state index contributed by atoms with van der Waals surface area (Å²) in [6.07, 6.45) is -2.44. The van der Waals surface area contributed by atoms with E-state index in [4.69, 9.17) is 21.2 Å². The van der Waals surface area contributed by atoms with Crippen LogP contribution >= 0.6 is 0 Å². The van der Waals surface area contributed by atoms with E-state index in [2.05, 4.69) is 36.1 Å². The molecule has 232 valence electrons. The van der Waals surface area contributed by atoms with Crippen molar-refractivity contribution in [2.45, 2.75) is 61.8 Å². The average molecular weight is 618 g/mol. The second-order valence-corrected chi connectivity index (χ2v) is 10.1. The maximum Gasteiger partial charge on any atom is 0.294 e. The Hall–Kier alpha value is -4.63. The van der Waals surface area contributed by atoms with Crippen molar-refractivity contribution >= 4 is 11.3 Å². The Labute approximate surface area is 244 Å². The molecular formula is C25H25F2N9O8. The fourth-order valence-electron chi connectivity index (χ4n) is 4.99. The molecule has 17 nitrogen and oxygen atoms in total. The summed E-state index contributed by atoms with van der Waals surface area (Å²) in [6.45, 7) is 1.48. The number of fused-ring (bicyclic) bond motifs is 2. The maximum absolute atomic E-state index is 14.4. The van der Waals surface area contributed by atoms with Crippen LogP contribution < -0.4 is 11.1 Å². The number of H-pyrrole nitrogens is 2. The minimum Gasteiger partial charge on any atom is -0.392 e. The van der Waals surface area contributed by atoms with Gasteiger partial charge in [-0.25, -0.2) is 27.8 Å². The summed E-state index contributed by atoms with van der Waals surface area (Å²) in [4.78, 5) is 36.2. The third-order valence-electron chi connectivity index (χ3n) is 7.32. The van der Waals surface area contributed by atoms with E-state index in [1.165, 1.54) is 19.3 Å². The Bertz CT molecular complexity index is 1790. The minimum absolute atomic E-state index is 0.0342. The summed E-state index contributed by atoms with van der Waals surface area (Å²) in [6, 6.07) is 1.59. The summed E-state index contributed by atoms with van der Waals surface area (Å²) in [7, 11) is 0. The molecule has 0 amide bonds. The van der Waals surface area contributed by atoms with Crippen molar-refractivity contribution in [3.63, 3.8) is 0 Å². The number of terminal acetylenes is 1. The van der Waals surface area contributed by atoms with Crippen LogP contribution in [-0.4, -0.2) is 109 Å². The van der Waals surface area contributed by atoms with Gasteiger partial charge in [-0.15, -0.1) is 6.42 Å².